The molecule has 2 fully saturated rings. The minimum absolute atomic E-state index is 0.0316. The Hall–Kier alpha value is -1.57. The van der Waals surface area contributed by atoms with E-state index in [1.807, 2.05) is 36.4 Å². The molecule has 4 atom stereocenters. The van der Waals surface area contributed by atoms with E-state index in [1.165, 1.54) is 25.7 Å². The third-order valence-corrected chi connectivity index (χ3v) is 5.03. The van der Waals surface area contributed by atoms with Crippen LogP contribution < -0.4 is 5.32 Å². The summed E-state index contributed by atoms with van der Waals surface area (Å²) in [5.74, 6) is 2.52. The first-order valence-electron chi connectivity index (χ1n) is 7.76. The predicted molar refractivity (Wildman–Crippen MR) is 82.0 cm³/mol. The van der Waals surface area contributed by atoms with Gasteiger partial charge in [0.05, 0.1) is 0 Å². The number of benzene rings is 1. The summed E-state index contributed by atoms with van der Waals surface area (Å²) in [6.45, 7) is 2.17. The minimum atomic E-state index is 0.0316. The highest BCUT2D eigenvalue weighted by molar-refractivity contribution is 5.91. The third-order valence-electron chi connectivity index (χ3n) is 5.03. The molecule has 106 valence electrons. The van der Waals surface area contributed by atoms with Crippen LogP contribution in [0.25, 0.3) is 6.08 Å². The number of rotatable bonds is 4. The second kappa shape index (κ2) is 5.82. The topological polar surface area (TPSA) is 29.1 Å². The molecule has 2 bridgehead atoms. The minimum Gasteiger partial charge on any atom is -0.350 e. The smallest absolute Gasteiger partial charge is 0.244 e. The van der Waals surface area contributed by atoms with Crippen molar-refractivity contribution in [3.63, 3.8) is 0 Å². The Morgan fingerprint density at radius 2 is 2.05 bits per heavy atom. The van der Waals surface area contributed by atoms with E-state index in [4.69, 9.17) is 0 Å². The Morgan fingerprint density at radius 1 is 1.25 bits per heavy atom. The number of carbonyl (C=O) groups is 1. The fourth-order valence-corrected chi connectivity index (χ4v) is 4.02. The second-order valence-corrected chi connectivity index (χ2v) is 6.38. The molecule has 2 nitrogen and oxygen atoms in total. The summed E-state index contributed by atoms with van der Waals surface area (Å²) in [5.41, 5.74) is 1.07. The Labute approximate surface area is 121 Å². The summed E-state index contributed by atoms with van der Waals surface area (Å²) < 4.78 is 0. The van der Waals surface area contributed by atoms with Gasteiger partial charge in [-0.05, 0) is 55.6 Å². The maximum absolute atomic E-state index is 12.0. The van der Waals surface area contributed by atoms with Crippen molar-refractivity contribution in [3.05, 3.63) is 42.0 Å². The monoisotopic (exact) mass is 269 g/mol. The van der Waals surface area contributed by atoms with Crippen LogP contribution in [0.3, 0.4) is 0 Å². The van der Waals surface area contributed by atoms with Crippen molar-refractivity contribution in [1.82, 2.24) is 5.32 Å². The number of hydrogen-bond donors (Lipinski definition) is 1. The SMILES string of the molecule is C[C@H](NC(=O)/C=C/c1ccccc1)[C@H]1C[C@@H]2CC[C@@H]1C2. The molecule has 0 heterocycles. The standard InChI is InChI=1S/C18H23NO/c1-13(17-12-15-7-9-16(17)11-15)19-18(20)10-8-14-5-3-2-4-6-14/h2-6,8,10,13,15-17H,7,9,11-12H2,1H3,(H,19,20)/b10-8+/t13-,15+,16+,17+/m0/s1. The van der Waals surface area contributed by atoms with Crippen LogP contribution in [-0.2, 0) is 4.79 Å². The molecule has 0 saturated heterocycles. The van der Waals surface area contributed by atoms with Crippen molar-refractivity contribution < 1.29 is 4.79 Å². The Kier molecular flexibility index (Phi) is 3.90. The van der Waals surface area contributed by atoms with Gasteiger partial charge in [-0.25, -0.2) is 0 Å². The number of nitrogens with one attached hydrogen (secondary N) is 1. The highest BCUT2D eigenvalue weighted by atomic mass is 16.1. The number of hydrogen-bond acceptors (Lipinski definition) is 1. The highest BCUT2D eigenvalue weighted by Gasteiger charge is 2.41. The molecule has 1 N–H and O–H groups in total. The lowest BCUT2D eigenvalue weighted by molar-refractivity contribution is -0.117. The van der Waals surface area contributed by atoms with Crippen LogP contribution in [0.1, 0.15) is 38.2 Å². The molecule has 20 heavy (non-hydrogen) atoms. The van der Waals surface area contributed by atoms with Crippen LogP contribution in [0, 0.1) is 17.8 Å². The van der Waals surface area contributed by atoms with Gasteiger partial charge in [0.15, 0.2) is 0 Å². The van der Waals surface area contributed by atoms with E-state index < -0.39 is 0 Å². The van der Waals surface area contributed by atoms with Gasteiger partial charge >= 0.3 is 0 Å². The summed E-state index contributed by atoms with van der Waals surface area (Å²) >= 11 is 0. The van der Waals surface area contributed by atoms with Gasteiger partial charge in [-0.15, -0.1) is 0 Å². The average Bonchev–Trinajstić information content (AvgIpc) is 3.09. The van der Waals surface area contributed by atoms with Gasteiger partial charge in [0.25, 0.3) is 0 Å². The summed E-state index contributed by atoms with van der Waals surface area (Å²) in [5, 5.41) is 3.15. The first kappa shape index (κ1) is 13.4. The van der Waals surface area contributed by atoms with Crippen LogP contribution in [-0.4, -0.2) is 11.9 Å². The predicted octanol–water partition coefficient (Wildman–Crippen LogP) is 3.64. The van der Waals surface area contributed by atoms with Crippen molar-refractivity contribution in [2.24, 2.45) is 17.8 Å². The first-order valence-corrected chi connectivity index (χ1v) is 7.76. The Morgan fingerprint density at radius 3 is 2.70 bits per heavy atom. The molecule has 0 aliphatic heterocycles. The van der Waals surface area contributed by atoms with Gasteiger partial charge in [0.1, 0.15) is 0 Å². The lowest BCUT2D eigenvalue weighted by atomic mass is 9.84. The van der Waals surface area contributed by atoms with Gasteiger partial charge in [0, 0.05) is 12.1 Å². The zero-order valence-electron chi connectivity index (χ0n) is 12.1. The van der Waals surface area contributed by atoms with Gasteiger partial charge in [-0.1, -0.05) is 36.8 Å². The van der Waals surface area contributed by atoms with Gasteiger partial charge in [-0.2, -0.15) is 0 Å². The molecule has 2 saturated carbocycles. The van der Waals surface area contributed by atoms with Gasteiger partial charge in [0.2, 0.25) is 5.91 Å². The largest absolute Gasteiger partial charge is 0.350 e. The zero-order chi connectivity index (χ0) is 13.9. The molecule has 3 rings (SSSR count). The van der Waals surface area contributed by atoms with Crippen molar-refractivity contribution >= 4 is 12.0 Å². The molecule has 0 aromatic heterocycles. The van der Waals surface area contributed by atoms with Crippen LogP contribution in [0.2, 0.25) is 0 Å². The quantitative estimate of drug-likeness (QED) is 0.831. The normalized spacial score (nSPS) is 29.8. The fraction of sp³-hybridized carbons (Fsp3) is 0.500. The lowest BCUT2D eigenvalue weighted by Gasteiger charge is -2.28. The molecular formula is C18H23NO. The number of fused-ring (bicyclic) bond motifs is 2. The lowest BCUT2D eigenvalue weighted by Crippen LogP contribution is -2.39. The summed E-state index contributed by atoms with van der Waals surface area (Å²) in [6.07, 6.45) is 9.02. The van der Waals surface area contributed by atoms with Crippen molar-refractivity contribution in [2.75, 3.05) is 0 Å². The molecule has 1 aromatic rings. The summed E-state index contributed by atoms with van der Waals surface area (Å²) in [6, 6.07) is 10.3. The third kappa shape index (κ3) is 2.95. The molecule has 2 aliphatic carbocycles. The maximum Gasteiger partial charge on any atom is 0.244 e. The zero-order valence-corrected chi connectivity index (χ0v) is 12.1. The fourth-order valence-electron chi connectivity index (χ4n) is 4.02. The van der Waals surface area contributed by atoms with E-state index in [1.54, 1.807) is 6.08 Å². The molecular weight excluding hydrogens is 246 g/mol. The van der Waals surface area contributed by atoms with E-state index in [0.29, 0.717) is 12.0 Å². The van der Waals surface area contributed by atoms with Gasteiger partial charge in [-0.3, -0.25) is 4.79 Å². The molecule has 1 amide bonds. The van der Waals surface area contributed by atoms with Gasteiger partial charge < -0.3 is 5.32 Å². The summed E-state index contributed by atoms with van der Waals surface area (Å²) in [7, 11) is 0. The average molecular weight is 269 g/mol. The van der Waals surface area contributed by atoms with Crippen molar-refractivity contribution in [2.45, 2.75) is 38.6 Å². The maximum atomic E-state index is 12.0. The molecule has 0 spiro atoms. The molecule has 2 aliphatic rings. The van der Waals surface area contributed by atoms with Crippen LogP contribution in [0.15, 0.2) is 36.4 Å². The van der Waals surface area contributed by atoms with E-state index >= 15 is 0 Å². The van der Waals surface area contributed by atoms with E-state index in [0.717, 1.165) is 17.4 Å². The molecule has 2 heteroatoms. The second-order valence-electron chi connectivity index (χ2n) is 6.38. The number of carbonyl (C=O) groups excluding carboxylic acids is 1. The van der Waals surface area contributed by atoms with Crippen molar-refractivity contribution in [3.8, 4) is 0 Å². The van der Waals surface area contributed by atoms with Crippen LogP contribution in [0.5, 0.6) is 0 Å². The van der Waals surface area contributed by atoms with Crippen LogP contribution in [0.4, 0.5) is 0 Å². The Bertz CT molecular complexity index is 493. The molecule has 0 unspecified atom stereocenters. The van der Waals surface area contributed by atoms with Crippen LogP contribution >= 0.6 is 0 Å². The Balaban J connectivity index is 1.52. The summed E-state index contributed by atoms with van der Waals surface area (Å²) in [4.78, 5) is 12.0. The highest BCUT2D eigenvalue weighted by Crippen LogP contribution is 2.49. The van der Waals surface area contributed by atoms with E-state index in [-0.39, 0.29) is 5.91 Å². The molecule has 0 radical (unpaired) electrons. The first-order chi connectivity index (χ1) is 9.72. The van der Waals surface area contributed by atoms with Crippen molar-refractivity contribution in [1.29, 1.82) is 0 Å². The van der Waals surface area contributed by atoms with E-state index in [9.17, 15) is 4.79 Å². The van der Waals surface area contributed by atoms with E-state index in [2.05, 4.69) is 12.2 Å². The number of amides is 1. The molecule has 1 aromatic carbocycles.